The number of para-hydroxylation sites is 1. The molecule has 0 fully saturated rings. The van der Waals surface area contributed by atoms with E-state index < -0.39 is 6.04 Å². The van der Waals surface area contributed by atoms with E-state index >= 15 is 0 Å². The van der Waals surface area contributed by atoms with Crippen LogP contribution in [0.4, 0.5) is 34.1 Å². The number of rotatable bonds is 7. The summed E-state index contributed by atoms with van der Waals surface area (Å²) >= 11 is 1.85. The van der Waals surface area contributed by atoms with E-state index in [-0.39, 0.29) is 52.7 Å². The minimum absolute atomic E-state index is 0.0346. The Hall–Kier alpha value is -9.74. The van der Waals surface area contributed by atoms with Crippen molar-refractivity contribution in [3.8, 4) is 55.6 Å². The summed E-state index contributed by atoms with van der Waals surface area (Å²) < 4.78 is 49.6. The molecular weight excluding hydrogens is 1100 g/mol. The van der Waals surface area contributed by atoms with Crippen molar-refractivity contribution in [2.45, 2.75) is 78.6 Å². The van der Waals surface area contributed by atoms with E-state index in [1.165, 1.54) is 53.8 Å². The van der Waals surface area contributed by atoms with Crippen molar-refractivity contribution in [2.24, 2.45) is 0 Å². The first-order valence-electron chi connectivity index (χ1n) is 34.0. The van der Waals surface area contributed by atoms with Gasteiger partial charge < -0.3 is 9.80 Å². The highest BCUT2D eigenvalue weighted by atomic mass is 32.1. The molecule has 434 valence electrons. The molecule has 0 bridgehead atoms. The van der Waals surface area contributed by atoms with Crippen molar-refractivity contribution in [2.75, 3.05) is 9.80 Å². The third-order valence-corrected chi connectivity index (χ3v) is 20.2. The fourth-order valence-electron chi connectivity index (χ4n) is 14.3. The van der Waals surface area contributed by atoms with Crippen molar-refractivity contribution in [3.63, 3.8) is 0 Å². The highest BCUT2D eigenvalue weighted by Crippen LogP contribution is 2.55. The second kappa shape index (κ2) is 20.9. The Kier molecular flexibility index (Phi) is 11.7. The zero-order valence-electron chi connectivity index (χ0n) is 57.4. The number of thiophene rings is 1. The molecular formula is C86H71BN2S. The van der Waals surface area contributed by atoms with Gasteiger partial charge in [-0.2, -0.15) is 0 Å². The van der Waals surface area contributed by atoms with Gasteiger partial charge in [0.25, 0.3) is 6.71 Å². The summed E-state index contributed by atoms with van der Waals surface area (Å²) in [6, 6.07) is 85.2. The molecule has 0 aliphatic carbocycles. The van der Waals surface area contributed by atoms with Crippen molar-refractivity contribution in [3.05, 3.63) is 283 Å². The number of benzene rings is 13. The van der Waals surface area contributed by atoms with Gasteiger partial charge in [-0.05, 0) is 164 Å². The van der Waals surface area contributed by atoms with E-state index in [1.54, 1.807) is 0 Å². The van der Waals surface area contributed by atoms with Gasteiger partial charge in [0.1, 0.15) is 0 Å². The maximum Gasteiger partial charge on any atom is 0.264 e. The van der Waals surface area contributed by atoms with E-state index in [9.17, 15) is 5.48 Å². The van der Waals surface area contributed by atoms with Gasteiger partial charge in [-0.25, -0.2) is 0 Å². The Morgan fingerprint density at radius 2 is 0.833 bits per heavy atom. The van der Waals surface area contributed by atoms with Gasteiger partial charge in [-0.3, -0.25) is 0 Å². The molecule has 0 unspecified atom stereocenters. The minimum Gasteiger partial charge on any atom is -0.311 e. The van der Waals surface area contributed by atoms with Crippen LogP contribution in [-0.2, 0) is 16.2 Å². The van der Waals surface area contributed by atoms with Gasteiger partial charge >= 0.3 is 0 Å². The summed E-state index contributed by atoms with van der Waals surface area (Å²) in [6.07, 6.45) is 0. The Balaban J connectivity index is 1.09. The lowest BCUT2D eigenvalue weighted by Crippen LogP contribution is -2.60. The van der Waals surface area contributed by atoms with Crippen LogP contribution in [0.25, 0.3) is 98.0 Å². The topological polar surface area (TPSA) is 6.48 Å². The molecule has 0 spiro atoms. The van der Waals surface area contributed by atoms with Gasteiger partial charge in [-0.15, -0.1) is 11.3 Å². The van der Waals surface area contributed by atoms with E-state index in [2.05, 4.69) is 309 Å². The molecule has 2 nitrogen and oxygen atoms in total. The van der Waals surface area contributed by atoms with Crippen LogP contribution in [0.15, 0.2) is 267 Å². The van der Waals surface area contributed by atoms with Crippen LogP contribution in [0.5, 0.6) is 0 Å². The highest BCUT2D eigenvalue weighted by Gasteiger charge is 2.47. The van der Waals surface area contributed by atoms with Gasteiger partial charge in [0, 0.05) is 48.6 Å². The SMILES string of the molecule is [2H]c1c([2H])c([2H])c(-c2cc3c4c(c2)N(c2c(-c5ccccc5)cccc2-c2ccccc2)c2c(sc5ccc(C(C)(C)C)cc25)B4c2cc(-c4ccc(C(C)(C)C)cc4)ccc2N3c2ccc(C(C)(C)C)cc2-c2ccc3c4ccccc4c4ccccc4c3c2)c([2H])c1[2H]. The third-order valence-electron chi connectivity index (χ3n) is 19.0. The summed E-state index contributed by atoms with van der Waals surface area (Å²) in [4.78, 5) is 4.97. The standard InChI is InChI=1S/C86H71BN2S/c1-84(2,3)61-40-36-55(37-41-61)58-39-45-76-74(49-58)87-80-77(88(76)75-46-42-62(85(4,5)6)52-71(75)59-38-44-70-68-32-20-19-30-66(68)67-31-21-22-33-69(67)72(70)48-59)50-60(54-24-13-10-14-25-54)51-78(80)89(82-73-53-63(86(7,8)9)43-47-79(73)90-83(82)87)81-64(56-26-15-11-16-27-56)34-23-35-65(81)57-28-17-12-18-29-57/h10-53H,1-9H3/i10D,13D,14D,24D,25D. The molecule has 14 aromatic rings. The van der Waals surface area contributed by atoms with E-state index in [1.807, 2.05) is 11.3 Å². The van der Waals surface area contributed by atoms with Crippen molar-refractivity contribution >= 4 is 110 Å². The van der Waals surface area contributed by atoms with Crippen LogP contribution in [0.2, 0.25) is 0 Å². The first-order valence-corrected chi connectivity index (χ1v) is 32.3. The molecule has 2 aliphatic rings. The number of hydrogen-bond donors (Lipinski definition) is 0. The molecule has 4 heteroatoms. The van der Waals surface area contributed by atoms with Gasteiger partial charge in [0.15, 0.2) is 0 Å². The molecule has 1 aromatic heterocycles. The average Bonchev–Trinajstić information content (AvgIpc) is 1.68. The van der Waals surface area contributed by atoms with Crippen LogP contribution in [-0.4, -0.2) is 6.71 Å². The molecule has 0 N–H and O–H groups in total. The van der Waals surface area contributed by atoms with Crippen LogP contribution in [0.3, 0.4) is 0 Å². The molecule has 13 aromatic carbocycles. The summed E-state index contributed by atoms with van der Waals surface area (Å²) in [5, 5.41) is 8.29. The lowest BCUT2D eigenvalue weighted by atomic mass is 9.36. The molecule has 0 amide bonds. The molecule has 0 radical (unpaired) electrons. The van der Waals surface area contributed by atoms with Crippen molar-refractivity contribution < 1.29 is 6.85 Å². The number of nitrogens with zero attached hydrogens (tertiary/aromatic N) is 2. The molecule has 3 heterocycles. The predicted octanol–water partition coefficient (Wildman–Crippen LogP) is 22.7. The lowest BCUT2D eigenvalue weighted by Gasteiger charge is -2.45. The van der Waals surface area contributed by atoms with Gasteiger partial charge in [0.05, 0.1) is 23.9 Å². The second-order valence-electron chi connectivity index (χ2n) is 27.7. The molecule has 90 heavy (non-hydrogen) atoms. The normalized spacial score (nSPS) is 13.9. The van der Waals surface area contributed by atoms with E-state index in [0.29, 0.717) is 5.56 Å². The largest absolute Gasteiger partial charge is 0.311 e. The Bertz CT molecular complexity index is 5380. The number of anilines is 6. The third kappa shape index (κ3) is 9.13. The maximum absolute atomic E-state index is 9.87. The van der Waals surface area contributed by atoms with Crippen molar-refractivity contribution in [1.29, 1.82) is 0 Å². The first kappa shape index (κ1) is 50.2. The zero-order valence-corrected chi connectivity index (χ0v) is 53.2. The summed E-state index contributed by atoms with van der Waals surface area (Å²) in [7, 11) is 0. The monoisotopic (exact) mass is 1180 g/mol. The molecule has 0 saturated carbocycles. The quantitative estimate of drug-likeness (QED) is 0.116. The fraction of sp³-hybridized carbons (Fsp3) is 0.140. The Labute approximate surface area is 541 Å². The van der Waals surface area contributed by atoms with Gasteiger partial charge in [-0.1, -0.05) is 281 Å². The zero-order chi connectivity index (χ0) is 65.7. The molecule has 2 aliphatic heterocycles. The molecule has 0 atom stereocenters. The van der Waals surface area contributed by atoms with Gasteiger partial charge in [0.2, 0.25) is 0 Å². The van der Waals surface area contributed by atoms with Crippen LogP contribution in [0, 0.1) is 0 Å². The maximum atomic E-state index is 9.87. The van der Waals surface area contributed by atoms with E-state index in [0.717, 1.165) is 99.6 Å². The highest BCUT2D eigenvalue weighted by molar-refractivity contribution is 7.33. The lowest BCUT2D eigenvalue weighted by molar-refractivity contribution is 0.590. The molecule has 16 rings (SSSR count). The van der Waals surface area contributed by atoms with Crippen LogP contribution in [0.1, 0.15) is 85.9 Å². The van der Waals surface area contributed by atoms with Crippen LogP contribution < -0.4 is 25.5 Å². The smallest absolute Gasteiger partial charge is 0.264 e. The fourth-order valence-corrected chi connectivity index (χ4v) is 15.6. The summed E-state index contributed by atoms with van der Waals surface area (Å²) in [5.41, 5.74) is 20.2. The average molecular weight is 1180 g/mol. The Morgan fingerprint density at radius 3 is 1.44 bits per heavy atom. The van der Waals surface area contributed by atoms with E-state index in [4.69, 9.17) is 1.37 Å². The first-order chi connectivity index (χ1) is 45.6. The molecule has 0 saturated heterocycles. The Morgan fingerprint density at radius 1 is 0.322 bits per heavy atom. The number of hydrogen-bond acceptors (Lipinski definition) is 3. The second-order valence-corrected chi connectivity index (χ2v) is 28.8. The van der Waals surface area contributed by atoms with Crippen molar-refractivity contribution in [1.82, 2.24) is 0 Å². The minimum atomic E-state index is -0.433. The summed E-state index contributed by atoms with van der Waals surface area (Å²) in [6.45, 7) is 20.1. The summed E-state index contributed by atoms with van der Waals surface area (Å²) in [5.74, 6) is 0. The predicted molar refractivity (Wildman–Crippen MR) is 392 cm³/mol. The van der Waals surface area contributed by atoms with Crippen LogP contribution >= 0.6 is 11.3 Å². The number of fused-ring (bicyclic) bond motifs is 12.